The number of aliphatic hydroxyl groups excluding tert-OH is 20. The molecule has 0 aliphatic carbocycles. The third-order valence-electron chi connectivity index (χ3n) is 14.3. The molecule has 0 aliphatic heterocycles. The van der Waals surface area contributed by atoms with E-state index in [4.69, 9.17) is 0 Å². The molecule has 0 radical (unpaired) electrons. The highest BCUT2D eigenvalue weighted by molar-refractivity contribution is 5.76. The van der Waals surface area contributed by atoms with Gasteiger partial charge in [-0.25, -0.2) is 0 Å². The number of hydrogen-bond donors (Lipinski definition) is 21. The molecule has 0 heterocycles. The maximum atomic E-state index is 14.8. The second-order valence-corrected chi connectivity index (χ2v) is 19.2. The van der Waals surface area contributed by atoms with Gasteiger partial charge in [-0.2, -0.15) is 0 Å². The minimum atomic E-state index is -3.14. The van der Waals surface area contributed by atoms with Gasteiger partial charge in [-0.1, -0.05) is 43.4 Å². The first-order valence-electron chi connectivity index (χ1n) is 24.1. The molecule has 22 nitrogen and oxygen atoms in total. The van der Waals surface area contributed by atoms with Crippen molar-refractivity contribution in [1.29, 1.82) is 0 Å². The summed E-state index contributed by atoms with van der Waals surface area (Å²) in [6.07, 6.45) is -19.8. The van der Waals surface area contributed by atoms with E-state index in [1.165, 1.54) is 0 Å². The molecule has 414 valence electrons. The Morgan fingerprint density at radius 3 is 0.914 bits per heavy atom. The maximum absolute atomic E-state index is 14.8. The number of aliphatic hydroxyl groups is 20. The van der Waals surface area contributed by atoms with Gasteiger partial charge in [0.25, 0.3) is 0 Å². The van der Waals surface area contributed by atoms with Gasteiger partial charge >= 0.3 is 5.97 Å². The Morgan fingerprint density at radius 1 is 0.357 bits per heavy atom. The molecule has 70 heavy (non-hydrogen) atoms. The Morgan fingerprint density at radius 2 is 0.614 bits per heavy atom. The minimum Gasteiger partial charge on any atom is -0.481 e. The smallest absolute Gasteiger partial charge is 0.310 e. The lowest BCUT2D eigenvalue weighted by Gasteiger charge is -2.73. The van der Waals surface area contributed by atoms with Crippen molar-refractivity contribution < 1.29 is 112 Å². The van der Waals surface area contributed by atoms with Gasteiger partial charge in [0.1, 0.15) is 0 Å². The van der Waals surface area contributed by atoms with Crippen LogP contribution in [0.5, 0.6) is 0 Å². The fourth-order valence-corrected chi connectivity index (χ4v) is 11.8. The molecule has 0 saturated heterocycles. The average Bonchev–Trinajstić information content (AvgIpc) is 3.34. The molecule has 0 spiro atoms. The number of aliphatic carboxylic acids is 1. The SMILES string of the molecule is CCC=CCC=CCC=CCCC(CC(O)CO)(CC(O)CO)C(CC(O)CO)(CC(O)CO)C(CC(O)CO)(CC(O)CO)C(CC(O)CO)(CC(O)CO)C(CC(O)CO)(CC(O)CO)C(=O)O. The van der Waals surface area contributed by atoms with Crippen LogP contribution in [0.2, 0.25) is 0 Å². The Kier molecular flexibility index (Phi) is 33.4. The lowest BCUT2D eigenvalue weighted by atomic mass is 9.31. The molecular formula is C48H90O22. The van der Waals surface area contributed by atoms with E-state index >= 15 is 0 Å². The van der Waals surface area contributed by atoms with Gasteiger partial charge in [0.2, 0.25) is 0 Å². The Bertz CT molecular complexity index is 1400. The number of carboxylic acid groups (broad SMARTS) is 1. The van der Waals surface area contributed by atoms with E-state index in [2.05, 4.69) is 0 Å². The lowest BCUT2D eigenvalue weighted by Crippen LogP contribution is -2.72. The number of rotatable bonds is 43. The molecule has 22 heteroatoms. The van der Waals surface area contributed by atoms with Gasteiger partial charge in [-0.3, -0.25) is 4.79 Å². The van der Waals surface area contributed by atoms with Crippen LogP contribution in [0.3, 0.4) is 0 Å². The van der Waals surface area contributed by atoms with E-state index in [9.17, 15) is 112 Å². The molecule has 0 rings (SSSR count). The number of carboxylic acids is 1. The van der Waals surface area contributed by atoms with Crippen molar-refractivity contribution in [2.75, 3.05) is 66.1 Å². The van der Waals surface area contributed by atoms with Crippen molar-refractivity contribution in [2.24, 2.45) is 27.1 Å². The highest BCUT2D eigenvalue weighted by Gasteiger charge is 2.76. The minimum absolute atomic E-state index is 0.130. The molecule has 0 saturated carbocycles. The van der Waals surface area contributed by atoms with Crippen LogP contribution in [0.25, 0.3) is 0 Å². The van der Waals surface area contributed by atoms with Crippen LogP contribution >= 0.6 is 0 Å². The summed E-state index contributed by atoms with van der Waals surface area (Å²) in [5.74, 6) is -2.07. The van der Waals surface area contributed by atoms with Crippen LogP contribution in [0.1, 0.15) is 103 Å². The third kappa shape index (κ3) is 18.4. The summed E-state index contributed by atoms with van der Waals surface area (Å²) in [5.41, 5.74) is -14.0. The van der Waals surface area contributed by atoms with Crippen LogP contribution in [0.4, 0.5) is 0 Å². The summed E-state index contributed by atoms with van der Waals surface area (Å²) < 4.78 is 0. The summed E-state index contributed by atoms with van der Waals surface area (Å²) in [7, 11) is 0. The molecule has 0 aromatic heterocycles. The van der Waals surface area contributed by atoms with E-state index in [0.717, 1.165) is 6.42 Å². The number of carbonyl (C=O) groups is 1. The zero-order valence-corrected chi connectivity index (χ0v) is 40.7. The van der Waals surface area contributed by atoms with Crippen molar-refractivity contribution >= 4 is 5.97 Å². The van der Waals surface area contributed by atoms with Gasteiger partial charge in [-0.05, 0) is 118 Å². The second-order valence-electron chi connectivity index (χ2n) is 19.2. The van der Waals surface area contributed by atoms with Crippen molar-refractivity contribution in [3.8, 4) is 0 Å². The van der Waals surface area contributed by atoms with E-state index in [0.29, 0.717) is 12.8 Å². The van der Waals surface area contributed by atoms with Crippen LogP contribution < -0.4 is 0 Å². The topological polar surface area (TPSA) is 442 Å². The first-order valence-corrected chi connectivity index (χ1v) is 24.1. The first-order chi connectivity index (χ1) is 33.0. The summed E-state index contributed by atoms with van der Waals surface area (Å²) in [5, 5.41) is 237. The predicted molar refractivity (Wildman–Crippen MR) is 253 cm³/mol. The standard InChI is InChI=1S/C48H90O22/c1-2-3-4-5-6-7-8-9-10-11-12-44(13-33(59)23-49,14-34(60)24-50)46(17-37(63)27-53,18-38(64)28-54)48(21-41(67)31-57,22-42(68)32-58)47(19-39(65)29-55,20-40(66)30-56)45(43(69)70,15-35(61)25-51)16-36(62)26-52/h3-4,6-7,9-10,33-42,49-68H,2,5,8,11-32H2,1H3,(H,69,70). The number of hydrogen-bond acceptors (Lipinski definition) is 21. The molecule has 0 aromatic rings. The summed E-state index contributed by atoms with van der Waals surface area (Å²) in [6.45, 7) is -10.1. The molecule has 0 amide bonds. The molecule has 10 atom stereocenters. The van der Waals surface area contributed by atoms with Crippen LogP contribution in [-0.4, -0.2) is 240 Å². The summed E-state index contributed by atoms with van der Waals surface area (Å²) in [4.78, 5) is 14.8. The monoisotopic (exact) mass is 1020 g/mol. The van der Waals surface area contributed by atoms with Gasteiger partial charge < -0.3 is 107 Å². The molecule has 0 aliphatic rings. The highest BCUT2D eigenvalue weighted by Crippen LogP contribution is 2.77. The molecular weight excluding hydrogens is 929 g/mol. The zero-order chi connectivity index (χ0) is 53.8. The van der Waals surface area contributed by atoms with Gasteiger partial charge in [-0.15, -0.1) is 0 Å². The number of allylic oxidation sites excluding steroid dienone is 6. The van der Waals surface area contributed by atoms with Crippen molar-refractivity contribution in [3.63, 3.8) is 0 Å². The Hall–Kier alpha value is -2.11. The first kappa shape index (κ1) is 67.9. The average molecular weight is 1020 g/mol. The lowest BCUT2D eigenvalue weighted by molar-refractivity contribution is -0.289. The van der Waals surface area contributed by atoms with E-state index in [1.807, 2.05) is 31.2 Å². The second kappa shape index (κ2) is 34.4. The van der Waals surface area contributed by atoms with E-state index < -0.39 is 231 Å². The zero-order valence-electron chi connectivity index (χ0n) is 40.7. The van der Waals surface area contributed by atoms with Crippen molar-refractivity contribution in [3.05, 3.63) is 36.5 Å². The highest BCUT2D eigenvalue weighted by atomic mass is 16.4. The van der Waals surface area contributed by atoms with Crippen molar-refractivity contribution in [2.45, 2.75) is 164 Å². The van der Waals surface area contributed by atoms with E-state index in [-0.39, 0.29) is 6.42 Å². The molecule has 10 unspecified atom stereocenters. The quantitative estimate of drug-likeness (QED) is 0.0259. The van der Waals surface area contributed by atoms with E-state index in [1.54, 1.807) is 12.2 Å². The normalized spacial score (nSPS) is 21.4. The largest absolute Gasteiger partial charge is 0.481 e. The maximum Gasteiger partial charge on any atom is 0.310 e. The Labute approximate surface area is 411 Å². The van der Waals surface area contributed by atoms with Gasteiger partial charge in [0.15, 0.2) is 0 Å². The third-order valence-corrected chi connectivity index (χ3v) is 14.3. The molecule has 21 N–H and O–H groups in total. The van der Waals surface area contributed by atoms with Gasteiger partial charge in [0, 0.05) is 0 Å². The predicted octanol–water partition coefficient (Wildman–Crippen LogP) is -3.92. The van der Waals surface area contributed by atoms with Crippen LogP contribution in [0.15, 0.2) is 36.5 Å². The fraction of sp³-hybridized carbons (Fsp3) is 0.854. The fourth-order valence-electron chi connectivity index (χ4n) is 11.8. The van der Waals surface area contributed by atoms with Crippen LogP contribution in [0, 0.1) is 27.1 Å². The summed E-state index contributed by atoms with van der Waals surface area (Å²) in [6, 6.07) is 0. The molecule has 0 bridgehead atoms. The molecule has 0 fully saturated rings. The van der Waals surface area contributed by atoms with Gasteiger partial charge in [0.05, 0.1) is 133 Å². The van der Waals surface area contributed by atoms with Crippen LogP contribution in [-0.2, 0) is 4.79 Å². The molecule has 0 aromatic carbocycles. The Balaban J connectivity index is 10.7. The summed E-state index contributed by atoms with van der Waals surface area (Å²) >= 11 is 0. The van der Waals surface area contributed by atoms with Crippen molar-refractivity contribution in [1.82, 2.24) is 0 Å².